The molecule has 1 aliphatic heterocycles. The van der Waals surface area contributed by atoms with Gasteiger partial charge in [0, 0.05) is 12.8 Å². The minimum atomic E-state index is -0.711. The zero-order valence-corrected chi connectivity index (χ0v) is 17.3. The minimum Gasteiger partial charge on any atom is -0.493 e. The predicted octanol–water partition coefficient (Wildman–Crippen LogP) is 4.02. The van der Waals surface area contributed by atoms with Crippen molar-refractivity contribution in [1.29, 1.82) is 0 Å². The van der Waals surface area contributed by atoms with Gasteiger partial charge in [-0.25, -0.2) is 0 Å². The summed E-state index contributed by atoms with van der Waals surface area (Å²) >= 11 is 0. The number of hydrogen-bond donors (Lipinski definition) is 2. The van der Waals surface area contributed by atoms with Crippen molar-refractivity contribution in [3.63, 3.8) is 0 Å². The Labute approximate surface area is 171 Å². The van der Waals surface area contributed by atoms with Crippen LogP contribution in [0.2, 0.25) is 0 Å². The van der Waals surface area contributed by atoms with Gasteiger partial charge in [0.05, 0.1) is 33.1 Å². The second-order valence-corrected chi connectivity index (χ2v) is 6.41. The number of carboxylic acid groups (broad SMARTS) is 1. The number of hydrazone groups is 1. The highest BCUT2D eigenvalue weighted by atomic mass is 16.5. The minimum absolute atomic E-state index is 0.0823. The maximum absolute atomic E-state index is 9.60. The summed E-state index contributed by atoms with van der Waals surface area (Å²) in [6.45, 7) is 1.84. The van der Waals surface area contributed by atoms with Crippen molar-refractivity contribution in [2.75, 3.05) is 21.3 Å². The second kappa shape index (κ2) is 10.9. The SMILES string of the molecule is CCCC(=O)O.COc1cc(C2CC(c3ccccc3)=NN2)cc(OC)c1OC. The summed E-state index contributed by atoms with van der Waals surface area (Å²) in [6, 6.07) is 14.2. The number of benzene rings is 2. The van der Waals surface area contributed by atoms with E-state index in [1.54, 1.807) is 21.3 Å². The Morgan fingerprint density at radius 3 is 2.17 bits per heavy atom. The highest BCUT2D eigenvalue weighted by Crippen LogP contribution is 2.40. The van der Waals surface area contributed by atoms with Crippen LogP contribution in [0.1, 0.15) is 43.4 Å². The van der Waals surface area contributed by atoms with E-state index in [0.717, 1.165) is 29.7 Å². The molecule has 7 heteroatoms. The molecule has 156 valence electrons. The number of aliphatic carboxylic acids is 1. The predicted molar refractivity (Wildman–Crippen MR) is 112 cm³/mol. The molecule has 1 heterocycles. The van der Waals surface area contributed by atoms with Gasteiger partial charge in [0.1, 0.15) is 0 Å². The van der Waals surface area contributed by atoms with E-state index in [2.05, 4.69) is 22.7 Å². The second-order valence-electron chi connectivity index (χ2n) is 6.41. The molecule has 3 rings (SSSR count). The molecule has 29 heavy (non-hydrogen) atoms. The van der Waals surface area contributed by atoms with E-state index in [-0.39, 0.29) is 6.04 Å². The average molecular weight is 400 g/mol. The Morgan fingerprint density at radius 1 is 1.10 bits per heavy atom. The first-order chi connectivity index (χ1) is 14.0. The maximum Gasteiger partial charge on any atom is 0.303 e. The summed E-state index contributed by atoms with van der Waals surface area (Å²) in [7, 11) is 4.84. The first kappa shape index (κ1) is 22.1. The molecule has 7 nitrogen and oxygen atoms in total. The molecule has 2 N–H and O–H groups in total. The monoisotopic (exact) mass is 400 g/mol. The fourth-order valence-corrected chi connectivity index (χ4v) is 2.96. The molecule has 0 aromatic heterocycles. The van der Waals surface area contributed by atoms with E-state index < -0.39 is 5.97 Å². The lowest BCUT2D eigenvalue weighted by molar-refractivity contribution is -0.137. The van der Waals surface area contributed by atoms with Gasteiger partial charge in [0.15, 0.2) is 11.5 Å². The van der Waals surface area contributed by atoms with Gasteiger partial charge in [-0.3, -0.25) is 4.79 Å². The maximum atomic E-state index is 9.60. The summed E-state index contributed by atoms with van der Waals surface area (Å²) in [5.41, 5.74) is 6.43. The van der Waals surface area contributed by atoms with Gasteiger partial charge >= 0.3 is 5.97 Å². The molecule has 0 amide bonds. The number of hydrogen-bond acceptors (Lipinski definition) is 6. The van der Waals surface area contributed by atoms with Crippen LogP contribution in [-0.2, 0) is 4.79 Å². The van der Waals surface area contributed by atoms with Crippen molar-refractivity contribution in [3.8, 4) is 17.2 Å². The van der Waals surface area contributed by atoms with Gasteiger partial charge < -0.3 is 24.7 Å². The largest absolute Gasteiger partial charge is 0.493 e. The summed E-state index contributed by atoms with van der Waals surface area (Å²) in [4.78, 5) is 9.60. The summed E-state index contributed by atoms with van der Waals surface area (Å²) in [6.07, 6.45) is 1.83. The molecule has 0 saturated carbocycles. The molecule has 1 aliphatic rings. The molecule has 0 radical (unpaired) electrons. The van der Waals surface area contributed by atoms with Crippen molar-refractivity contribution in [3.05, 3.63) is 53.6 Å². The molecular formula is C22H28N2O5. The lowest BCUT2D eigenvalue weighted by Gasteiger charge is -2.17. The molecule has 0 fully saturated rings. The Bertz CT molecular complexity index is 811. The van der Waals surface area contributed by atoms with Gasteiger partial charge in [-0.1, -0.05) is 37.3 Å². The highest BCUT2D eigenvalue weighted by molar-refractivity contribution is 6.01. The van der Waals surface area contributed by atoms with Crippen molar-refractivity contribution >= 4 is 11.7 Å². The van der Waals surface area contributed by atoms with E-state index in [0.29, 0.717) is 23.7 Å². The number of nitrogens with one attached hydrogen (secondary N) is 1. The van der Waals surface area contributed by atoms with E-state index >= 15 is 0 Å². The molecule has 1 unspecified atom stereocenters. The number of ether oxygens (including phenoxy) is 3. The summed E-state index contributed by atoms with van der Waals surface area (Å²) in [5.74, 6) is 1.19. The number of carbonyl (C=O) groups is 1. The third-order valence-electron chi connectivity index (χ3n) is 4.41. The molecule has 0 bridgehead atoms. The van der Waals surface area contributed by atoms with Crippen molar-refractivity contribution < 1.29 is 24.1 Å². The lowest BCUT2D eigenvalue weighted by atomic mass is 9.98. The fraction of sp³-hybridized carbons (Fsp3) is 0.364. The average Bonchev–Trinajstić information content (AvgIpc) is 3.24. The normalized spacial score (nSPS) is 14.8. The molecular weight excluding hydrogens is 372 g/mol. The topological polar surface area (TPSA) is 89.4 Å². The van der Waals surface area contributed by atoms with Crippen molar-refractivity contribution in [1.82, 2.24) is 5.43 Å². The smallest absolute Gasteiger partial charge is 0.303 e. The Hall–Kier alpha value is -3.22. The van der Waals surface area contributed by atoms with E-state index in [9.17, 15) is 4.79 Å². The van der Waals surface area contributed by atoms with E-state index in [4.69, 9.17) is 19.3 Å². The van der Waals surface area contributed by atoms with Crippen LogP contribution in [0.25, 0.3) is 0 Å². The van der Waals surface area contributed by atoms with Crippen LogP contribution >= 0.6 is 0 Å². The van der Waals surface area contributed by atoms with Gasteiger partial charge in [-0.15, -0.1) is 0 Å². The third kappa shape index (κ3) is 5.88. The number of rotatable bonds is 7. The Balaban J connectivity index is 0.000000438. The zero-order chi connectivity index (χ0) is 21.2. The number of carboxylic acids is 1. The van der Waals surface area contributed by atoms with Crippen molar-refractivity contribution in [2.24, 2.45) is 5.10 Å². The Kier molecular flexibility index (Phi) is 8.33. The fourth-order valence-electron chi connectivity index (χ4n) is 2.96. The van der Waals surface area contributed by atoms with Crippen molar-refractivity contribution in [2.45, 2.75) is 32.2 Å². The quantitative estimate of drug-likeness (QED) is 0.730. The molecule has 2 aromatic rings. The summed E-state index contributed by atoms with van der Waals surface area (Å²) in [5, 5.41) is 12.4. The van der Waals surface area contributed by atoms with Gasteiger partial charge in [-0.2, -0.15) is 5.10 Å². The zero-order valence-electron chi connectivity index (χ0n) is 17.3. The third-order valence-corrected chi connectivity index (χ3v) is 4.41. The molecule has 1 atom stereocenters. The van der Waals surface area contributed by atoms with Crippen LogP contribution in [0.5, 0.6) is 17.2 Å². The van der Waals surface area contributed by atoms with Crippen LogP contribution in [-0.4, -0.2) is 38.1 Å². The van der Waals surface area contributed by atoms with Gasteiger partial charge in [0.25, 0.3) is 0 Å². The van der Waals surface area contributed by atoms with Crippen LogP contribution < -0.4 is 19.6 Å². The van der Waals surface area contributed by atoms with E-state index in [1.165, 1.54) is 0 Å². The number of methoxy groups -OCH3 is 3. The van der Waals surface area contributed by atoms with Crippen LogP contribution in [0.15, 0.2) is 47.6 Å². The lowest BCUT2D eigenvalue weighted by Crippen LogP contribution is -2.11. The van der Waals surface area contributed by atoms with E-state index in [1.807, 2.05) is 37.3 Å². The molecule has 2 aromatic carbocycles. The summed E-state index contributed by atoms with van der Waals surface area (Å²) < 4.78 is 16.2. The van der Waals surface area contributed by atoms with Crippen LogP contribution in [0, 0.1) is 0 Å². The van der Waals surface area contributed by atoms with Gasteiger partial charge in [-0.05, 0) is 29.7 Å². The standard InChI is InChI=1S/C18H20N2O3.C4H8O2/c1-21-16-9-13(10-17(22-2)18(16)23-3)15-11-14(19-20-15)12-7-5-4-6-8-12;1-2-3-4(5)6/h4-10,15,20H,11H2,1-3H3;2-3H2,1H3,(H,5,6). The first-order valence-corrected chi connectivity index (χ1v) is 9.43. The van der Waals surface area contributed by atoms with Crippen LogP contribution in [0.3, 0.4) is 0 Å². The number of nitrogens with zero attached hydrogens (tertiary/aromatic N) is 1. The Morgan fingerprint density at radius 2 is 1.72 bits per heavy atom. The highest BCUT2D eigenvalue weighted by Gasteiger charge is 2.24. The molecule has 0 aliphatic carbocycles. The van der Waals surface area contributed by atoms with Gasteiger partial charge in [0.2, 0.25) is 5.75 Å². The van der Waals surface area contributed by atoms with Crippen LogP contribution in [0.4, 0.5) is 0 Å². The molecule has 0 spiro atoms. The molecule has 0 saturated heterocycles. The first-order valence-electron chi connectivity index (χ1n) is 9.43.